The second-order valence-electron chi connectivity index (χ2n) is 6.27. The molecule has 2 rings (SSSR count). The van der Waals surface area contributed by atoms with Gasteiger partial charge in [-0.1, -0.05) is 0 Å². The molecule has 2 aliphatic rings. The SMILES string of the molecule is CC(=O)NC[C@H]1OC(O)[C@H](O[C@@H]2O[C@@H](C)[C@@H](O)[C@@H](O)[C@@H]2O)[C@@H](O)[C@H]1O. The molecule has 2 aliphatic heterocycles. The van der Waals surface area contributed by atoms with E-state index >= 15 is 0 Å². The summed E-state index contributed by atoms with van der Waals surface area (Å²) in [7, 11) is 0. The molecule has 1 unspecified atom stereocenters. The third-order valence-electron chi connectivity index (χ3n) is 4.31. The van der Waals surface area contributed by atoms with Crippen LogP contribution in [-0.2, 0) is 19.0 Å². The first kappa shape index (κ1) is 20.4. The van der Waals surface area contributed by atoms with Gasteiger partial charge in [0, 0.05) is 13.5 Å². The number of aliphatic hydroxyl groups is 6. The van der Waals surface area contributed by atoms with Crippen molar-refractivity contribution in [3.63, 3.8) is 0 Å². The molecule has 0 aliphatic carbocycles. The number of hydrogen-bond acceptors (Lipinski definition) is 10. The molecule has 0 aromatic carbocycles. The number of hydrogen-bond donors (Lipinski definition) is 7. The highest BCUT2D eigenvalue weighted by Gasteiger charge is 2.49. The van der Waals surface area contributed by atoms with Crippen molar-refractivity contribution >= 4 is 5.91 Å². The average molecular weight is 367 g/mol. The Labute approximate surface area is 143 Å². The Hall–Kier alpha value is -0.890. The van der Waals surface area contributed by atoms with Crippen LogP contribution >= 0.6 is 0 Å². The van der Waals surface area contributed by atoms with Gasteiger partial charge in [0.05, 0.1) is 6.10 Å². The molecule has 0 aromatic heterocycles. The van der Waals surface area contributed by atoms with E-state index in [1.54, 1.807) is 0 Å². The fraction of sp³-hybridized carbons (Fsp3) is 0.929. The van der Waals surface area contributed by atoms with Crippen LogP contribution < -0.4 is 5.32 Å². The molecular formula is C14H25NO10. The fourth-order valence-electron chi connectivity index (χ4n) is 2.76. The van der Waals surface area contributed by atoms with Gasteiger partial charge >= 0.3 is 0 Å². The standard InChI is InChI=1S/C14H25NO10/c1-4-7(17)9(19)11(21)14(23-4)25-12-10(20)8(18)6(24-13(12)22)3-15-5(2)16/h4,6-14,17-22H,3H2,1-2H3,(H,15,16)/t4-,6+,7+,8-,9+,10-,11-,12+,13?,14-/m0/s1. The van der Waals surface area contributed by atoms with Gasteiger partial charge in [-0.25, -0.2) is 0 Å². The Bertz CT molecular complexity index is 465. The lowest BCUT2D eigenvalue weighted by Gasteiger charge is -2.44. The Morgan fingerprint density at radius 3 is 2.20 bits per heavy atom. The van der Waals surface area contributed by atoms with Crippen LogP contribution in [0.5, 0.6) is 0 Å². The number of aliphatic hydroxyl groups excluding tert-OH is 6. The smallest absolute Gasteiger partial charge is 0.216 e. The molecule has 0 bridgehead atoms. The first-order valence-electron chi connectivity index (χ1n) is 7.92. The molecular weight excluding hydrogens is 342 g/mol. The molecule has 1 amide bonds. The predicted molar refractivity (Wildman–Crippen MR) is 78.8 cm³/mol. The van der Waals surface area contributed by atoms with E-state index in [9.17, 15) is 35.4 Å². The van der Waals surface area contributed by atoms with Crippen molar-refractivity contribution < 1.29 is 49.6 Å². The quantitative estimate of drug-likeness (QED) is 0.257. The van der Waals surface area contributed by atoms with E-state index in [4.69, 9.17) is 14.2 Å². The van der Waals surface area contributed by atoms with Gasteiger partial charge in [-0.15, -0.1) is 0 Å². The number of rotatable bonds is 4. The number of amides is 1. The summed E-state index contributed by atoms with van der Waals surface area (Å²) in [6, 6.07) is 0. The zero-order chi connectivity index (χ0) is 18.9. The van der Waals surface area contributed by atoms with Gasteiger partial charge in [0.2, 0.25) is 5.91 Å². The number of ether oxygens (including phenoxy) is 3. The highest BCUT2D eigenvalue weighted by Crippen LogP contribution is 2.28. The van der Waals surface area contributed by atoms with Crippen molar-refractivity contribution in [1.82, 2.24) is 5.32 Å². The summed E-state index contributed by atoms with van der Waals surface area (Å²) in [5, 5.41) is 62.0. The van der Waals surface area contributed by atoms with Gasteiger partial charge in [0.1, 0.15) is 42.7 Å². The molecule has 25 heavy (non-hydrogen) atoms. The lowest BCUT2D eigenvalue weighted by molar-refractivity contribution is -0.356. The maximum atomic E-state index is 10.9. The minimum absolute atomic E-state index is 0.137. The Morgan fingerprint density at radius 2 is 1.60 bits per heavy atom. The van der Waals surface area contributed by atoms with Crippen LogP contribution in [0.2, 0.25) is 0 Å². The summed E-state index contributed by atoms with van der Waals surface area (Å²) in [6.07, 6.45) is -14.2. The van der Waals surface area contributed by atoms with Gasteiger partial charge in [-0.05, 0) is 6.92 Å². The van der Waals surface area contributed by atoms with Crippen molar-refractivity contribution in [2.45, 2.75) is 75.3 Å². The molecule has 0 radical (unpaired) electrons. The largest absolute Gasteiger partial charge is 0.388 e. The third-order valence-corrected chi connectivity index (χ3v) is 4.31. The second-order valence-corrected chi connectivity index (χ2v) is 6.27. The highest BCUT2D eigenvalue weighted by atomic mass is 16.7. The first-order chi connectivity index (χ1) is 11.6. The lowest BCUT2D eigenvalue weighted by atomic mass is 9.97. The molecule has 0 aromatic rings. The van der Waals surface area contributed by atoms with Crippen LogP contribution in [0.4, 0.5) is 0 Å². The van der Waals surface area contributed by atoms with Crippen LogP contribution in [0, 0.1) is 0 Å². The molecule has 2 saturated heterocycles. The number of carbonyl (C=O) groups excluding carboxylic acids is 1. The third kappa shape index (κ3) is 4.45. The van der Waals surface area contributed by atoms with Crippen molar-refractivity contribution in [3.05, 3.63) is 0 Å². The van der Waals surface area contributed by atoms with Gasteiger partial charge in [-0.2, -0.15) is 0 Å². The van der Waals surface area contributed by atoms with E-state index in [-0.39, 0.29) is 12.5 Å². The van der Waals surface area contributed by atoms with E-state index in [0.717, 1.165) is 0 Å². The molecule has 0 saturated carbocycles. The van der Waals surface area contributed by atoms with Crippen LogP contribution in [-0.4, -0.2) is 105 Å². The van der Waals surface area contributed by atoms with Crippen LogP contribution in [0.15, 0.2) is 0 Å². The summed E-state index contributed by atoms with van der Waals surface area (Å²) < 4.78 is 15.7. The van der Waals surface area contributed by atoms with Crippen LogP contribution in [0.1, 0.15) is 13.8 Å². The summed E-state index contributed by atoms with van der Waals surface area (Å²) in [6.45, 7) is 2.57. The summed E-state index contributed by atoms with van der Waals surface area (Å²) in [5.74, 6) is -0.376. The minimum Gasteiger partial charge on any atom is -0.388 e. The van der Waals surface area contributed by atoms with Crippen molar-refractivity contribution in [3.8, 4) is 0 Å². The van der Waals surface area contributed by atoms with E-state index in [1.165, 1.54) is 13.8 Å². The van der Waals surface area contributed by atoms with Crippen molar-refractivity contribution in [1.29, 1.82) is 0 Å². The van der Waals surface area contributed by atoms with E-state index in [0.29, 0.717) is 0 Å². The van der Waals surface area contributed by atoms with Crippen molar-refractivity contribution in [2.75, 3.05) is 6.54 Å². The molecule has 146 valence electrons. The molecule has 11 nitrogen and oxygen atoms in total. The molecule has 2 fully saturated rings. The van der Waals surface area contributed by atoms with E-state index < -0.39 is 61.4 Å². The Morgan fingerprint density at radius 1 is 0.960 bits per heavy atom. The average Bonchev–Trinajstić information content (AvgIpc) is 2.55. The highest BCUT2D eigenvalue weighted by molar-refractivity contribution is 5.72. The maximum absolute atomic E-state index is 10.9. The number of carbonyl (C=O) groups is 1. The minimum atomic E-state index is -1.69. The van der Waals surface area contributed by atoms with E-state index in [2.05, 4.69) is 5.32 Å². The second kappa shape index (κ2) is 8.20. The van der Waals surface area contributed by atoms with Crippen LogP contribution in [0.25, 0.3) is 0 Å². The Kier molecular flexibility index (Phi) is 6.70. The van der Waals surface area contributed by atoms with Gasteiger partial charge in [0.25, 0.3) is 0 Å². The Balaban J connectivity index is 2.01. The molecule has 7 N–H and O–H groups in total. The molecule has 11 heteroatoms. The van der Waals surface area contributed by atoms with Gasteiger partial charge in [-0.3, -0.25) is 4.79 Å². The molecule has 10 atom stereocenters. The van der Waals surface area contributed by atoms with Crippen molar-refractivity contribution in [2.24, 2.45) is 0 Å². The maximum Gasteiger partial charge on any atom is 0.216 e. The topological polar surface area (TPSA) is 178 Å². The normalized spacial score (nSPS) is 48.2. The van der Waals surface area contributed by atoms with Gasteiger partial charge in [0.15, 0.2) is 12.6 Å². The number of nitrogens with one attached hydrogen (secondary N) is 1. The van der Waals surface area contributed by atoms with Crippen LogP contribution in [0.3, 0.4) is 0 Å². The lowest BCUT2D eigenvalue weighted by Crippen LogP contribution is -2.64. The zero-order valence-electron chi connectivity index (χ0n) is 13.8. The van der Waals surface area contributed by atoms with E-state index in [1.807, 2.05) is 0 Å². The zero-order valence-corrected chi connectivity index (χ0v) is 13.8. The van der Waals surface area contributed by atoms with Gasteiger partial charge < -0.3 is 50.2 Å². The summed E-state index contributed by atoms with van der Waals surface area (Å²) >= 11 is 0. The summed E-state index contributed by atoms with van der Waals surface area (Å²) in [4.78, 5) is 10.9. The molecule has 2 heterocycles. The monoisotopic (exact) mass is 367 g/mol. The summed E-state index contributed by atoms with van der Waals surface area (Å²) in [5.41, 5.74) is 0. The first-order valence-corrected chi connectivity index (χ1v) is 7.92. The molecule has 0 spiro atoms. The fourth-order valence-corrected chi connectivity index (χ4v) is 2.76. The predicted octanol–water partition coefficient (Wildman–Crippen LogP) is -4.23.